The van der Waals surface area contributed by atoms with E-state index < -0.39 is 5.92 Å². The topological polar surface area (TPSA) is 107 Å². The Bertz CT molecular complexity index is 1030. The highest BCUT2D eigenvalue weighted by Gasteiger charge is 2.40. The Labute approximate surface area is 184 Å². The quantitative estimate of drug-likeness (QED) is 0.690. The van der Waals surface area contributed by atoms with Crippen molar-refractivity contribution in [1.82, 2.24) is 10.2 Å². The molecule has 2 aliphatic heterocycles. The van der Waals surface area contributed by atoms with Crippen molar-refractivity contribution in [2.24, 2.45) is 10.9 Å². The molecule has 30 heavy (non-hydrogen) atoms. The minimum absolute atomic E-state index is 0.0620. The lowest BCUT2D eigenvalue weighted by Crippen LogP contribution is -2.31. The Balaban J connectivity index is 1.74. The smallest absolute Gasteiger partial charge is 0.243 e. The molecule has 0 spiro atoms. The molecule has 7 nitrogen and oxygen atoms in total. The summed E-state index contributed by atoms with van der Waals surface area (Å²) < 4.78 is 12.3. The Kier molecular flexibility index (Phi) is 6.35. The zero-order valence-electron chi connectivity index (χ0n) is 16.9. The summed E-state index contributed by atoms with van der Waals surface area (Å²) in [4.78, 5) is 4.51. The van der Waals surface area contributed by atoms with Crippen LogP contribution in [0.25, 0.3) is 0 Å². The molecule has 0 aliphatic carbocycles. The molecular formula is C21H23N5O2S2. The van der Waals surface area contributed by atoms with Crippen molar-refractivity contribution in [2.45, 2.75) is 31.4 Å². The molecule has 2 N–H and O–H groups in total. The molecular weight excluding hydrogens is 418 g/mol. The van der Waals surface area contributed by atoms with Crippen LogP contribution in [-0.4, -0.2) is 39.9 Å². The van der Waals surface area contributed by atoms with Crippen molar-refractivity contribution in [3.63, 3.8) is 0 Å². The van der Waals surface area contributed by atoms with Gasteiger partial charge in [-0.05, 0) is 18.1 Å². The number of aromatic nitrogens is 2. The van der Waals surface area contributed by atoms with Gasteiger partial charge in [-0.1, -0.05) is 49.0 Å². The number of fused-ring (bicyclic) bond motifs is 1. The van der Waals surface area contributed by atoms with Crippen LogP contribution in [0.2, 0.25) is 0 Å². The molecule has 2 aliphatic rings. The summed E-state index contributed by atoms with van der Waals surface area (Å²) in [6.45, 7) is 2.98. The van der Waals surface area contributed by atoms with Gasteiger partial charge >= 0.3 is 0 Å². The van der Waals surface area contributed by atoms with Gasteiger partial charge in [-0.2, -0.15) is 5.26 Å². The number of H-pyrrole nitrogens is 1. The number of nitriles is 1. The van der Waals surface area contributed by atoms with E-state index in [0.717, 1.165) is 63.4 Å². The molecule has 0 saturated heterocycles. The number of nitrogens with zero attached hydrogens (tertiary/aromatic N) is 3. The van der Waals surface area contributed by atoms with Crippen molar-refractivity contribution in [3.05, 3.63) is 40.6 Å². The first kappa shape index (κ1) is 20.8. The van der Waals surface area contributed by atoms with Gasteiger partial charge in [0.15, 0.2) is 0 Å². The molecule has 4 rings (SSSR count). The maximum Gasteiger partial charge on any atom is 0.243 e. The summed E-state index contributed by atoms with van der Waals surface area (Å²) in [5, 5.41) is 25.4. The molecule has 0 radical (unpaired) electrons. The predicted molar refractivity (Wildman–Crippen MR) is 121 cm³/mol. The molecule has 0 saturated carbocycles. The molecule has 0 bridgehead atoms. The third-order valence-corrected chi connectivity index (χ3v) is 7.49. The Morgan fingerprint density at radius 1 is 1.47 bits per heavy atom. The number of hydrogen-bond donors (Lipinski definition) is 2. The lowest BCUT2D eigenvalue weighted by Gasteiger charge is -2.28. The zero-order chi connectivity index (χ0) is 21.1. The van der Waals surface area contributed by atoms with E-state index in [-0.39, 0.29) is 11.8 Å². The van der Waals surface area contributed by atoms with Crippen LogP contribution in [0.5, 0.6) is 11.6 Å². The number of ether oxygens (including phenoxy) is 2. The molecule has 1 aromatic carbocycles. The molecule has 2 atom stereocenters. The van der Waals surface area contributed by atoms with E-state index >= 15 is 0 Å². The van der Waals surface area contributed by atoms with Crippen LogP contribution >= 0.6 is 23.5 Å². The second-order valence-corrected chi connectivity index (χ2v) is 9.38. The largest absolute Gasteiger partial charge is 0.496 e. The number of rotatable bonds is 6. The van der Waals surface area contributed by atoms with Crippen molar-refractivity contribution in [1.29, 1.82) is 10.7 Å². The number of hydrogen-bond acceptors (Lipinski definition) is 8. The van der Waals surface area contributed by atoms with Crippen LogP contribution in [0.4, 0.5) is 0 Å². The van der Waals surface area contributed by atoms with Gasteiger partial charge in [0, 0.05) is 34.2 Å². The van der Waals surface area contributed by atoms with Gasteiger partial charge in [-0.3, -0.25) is 15.5 Å². The second-order valence-electron chi connectivity index (χ2n) is 7.08. The summed E-state index contributed by atoms with van der Waals surface area (Å²) >= 11 is 3.49. The maximum absolute atomic E-state index is 9.85. The van der Waals surface area contributed by atoms with Gasteiger partial charge in [0.25, 0.3) is 0 Å². The second kappa shape index (κ2) is 9.14. The fraction of sp³-hybridized carbons (Fsp3) is 0.429. The van der Waals surface area contributed by atoms with Gasteiger partial charge in [0.05, 0.1) is 19.7 Å². The molecule has 2 aromatic rings. The normalized spacial score (nSPS) is 20.3. The highest BCUT2D eigenvalue weighted by Crippen LogP contribution is 2.44. The number of nitrogens with one attached hydrogen (secondary N) is 2. The van der Waals surface area contributed by atoms with E-state index in [9.17, 15) is 5.26 Å². The Morgan fingerprint density at radius 3 is 3.03 bits per heavy atom. The van der Waals surface area contributed by atoms with Crippen LogP contribution in [0.3, 0.4) is 0 Å². The average Bonchev–Trinajstić information content (AvgIpc) is 3.41. The third kappa shape index (κ3) is 3.94. The number of aromatic amines is 1. The number of aliphatic imine (C=N–C) groups is 1. The lowest BCUT2D eigenvalue weighted by molar-refractivity contribution is 0.410. The first-order chi connectivity index (χ1) is 14.7. The SMILES string of the molecule is CCCc1[nH]nc2c1C(c1ccc(OC)c(CSC3=NCCS3)c1)C(C#N)C(=N)O2. The first-order valence-electron chi connectivity index (χ1n) is 9.86. The fourth-order valence-electron chi connectivity index (χ4n) is 3.83. The molecule has 156 valence electrons. The van der Waals surface area contributed by atoms with E-state index in [4.69, 9.17) is 14.9 Å². The van der Waals surface area contributed by atoms with Gasteiger partial charge in [0.2, 0.25) is 11.8 Å². The van der Waals surface area contributed by atoms with Gasteiger partial charge in [-0.25, -0.2) is 0 Å². The zero-order valence-corrected chi connectivity index (χ0v) is 18.5. The summed E-state index contributed by atoms with van der Waals surface area (Å²) in [6, 6.07) is 8.29. The lowest BCUT2D eigenvalue weighted by atomic mass is 9.78. The van der Waals surface area contributed by atoms with Crippen molar-refractivity contribution in [2.75, 3.05) is 19.4 Å². The number of benzene rings is 1. The van der Waals surface area contributed by atoms with E-state index in [2.05, 4.69) is 34.2 Å². The van der Waals surface area contributed by atoms with Crippen molar-refractivity contribution in [3.8, 4) is 17.7 Å². The number of aryl methyl sites for hydroxylation is 1. The summed E-state index contributed by atoms with van der Waals surface area (Å²) in [6.07, 6.45) is 1.75. The number of thioether (sulfide) groups is 2. The van der Waals surface area contributed by atoms with E-state index in [0.29, 0.717) is 5.88 Å². The predicted octanol–water partition coefficient (Wildman–Crippen LogP) is 4.35. The minimum atomic E-state index is -0.700. The Hall–Kier alpha value is -2.44. The third-order valence-electron chi connectivity index (χ3n) is 5.19. The van der Waals surface area contributed by atoms with Crippen molar-refractivity contribution >= 4 is 33.8 Å². The molecule has 0 amide bonds. The number of methoxy groups -OCH3 is 1. The highest BCUT2D eigenvalue weighted by atomic mass is 32.2. The molecule has 2 unspecified atom stereocenters. The first-order valence-corrected chi connectivity index (χ1v) is 11.8. The van der Waals surface area contributed by atoms with E-state index in [1.165, 1.54) is 0 Å². The van der Waals surface area contributed by atoms with Crippen LogP contribution in [0, 0.1) is 22.7 Å². The maximum atomic E-state index is 9.85. The summed E-state index contributed by atoms with van der Waals surface area (Å²) in [5.41, 5.74) is 3.87. The fourth-order valence-corrected chi connectivity index (χ4v) is 5.82. The van der Waals surface area contributed by atoms with Crippen LogP contribution < -0.4 is 9.47 Å². The minimum Gasteiger partial charge on any atom is -0.496 e. The standard InChI is InChI=1S/C21H23N5O2S2/c1-3-4-15-18-17(14(10-22)19(23)28-20(18)26-25-15)12-5-6-16(27-2)13(9-12)11-30-21-24-7-8-29-21/h5-6,9,14,17,23H,3-4,7-8,11H2,1-2H3,(H,25,26). The van der Waals surface area contributed by atoms with Gasteiger partial charge in [0.1, 0.15) is 16.0 Å². The Morgan fingerprint density at radius 2 is 2.33 bits per heavy atom. The molecule has 1 aromatic heterocycles. The highest BCUT2D eigenvalue weighted by molar-refractivity contribution is 8.38. The molecule has 0 fully saturated rings. The monoisotopic (exact) mass is 441 g/mol. The molecule has 9 heteroatoms. The van der Waals surface area contributed by atoms with E-state index in [1.807, 2.05) is 12.1 Å². The van der Waals surface area contributed by atoms with Crippen LogP contribution in [0.15, 0.2) is 23.2 Å². The molecule has 3 heterocycles. The van der Waals surface area contributed by atoms with Crippen molar-refractivity contribution < 1.29 is 9.47 Å². The van der Waals surface area contributed by atoms with Gasteiger partial charge in [-0.15, -0.1) is 5.10 Å². The van der Waals surface area contributed by atoms with Gasteiger partial charge < -0.3 is 9.47 Å². The summed E-state index contributed by atoms with van der Waals surface area (Å²) in [7, 11) is 1.67. The average molecular weight is 442 g/mol. The van der Waals surface area contributed by atoms with Crippen LogP contribution in [-0.2, 0) is 12.2 Å². The van der Waals surface area contributed by atoms with Crippen LogP contribution in [0.1, 0.15) is 41.6 Å². The van der Waals surface area contributed by atoms with E-state index in [1.54, 1.807) is 30.6 Å². The summed E-state index contributed by atoms with van der Waals surface area (Å²) in [5.74, 6) is 1.93.